The van der Waals surface area contributed by atoms with E-state index in [4.69, 9.17) is 14.2 Å². The van der Waals surface area contributed by atoms with Crippen molar-refractivity contribution in [1.29, 1.82) is 0 Å². The summed E-state index contributed by atoms with van der Waals surface area (Å²) in [5.41, 5.74) is 0.990. The predicted molar refractivity (Wildman–Crippen MR) is 107 cm³/mol. The van der Waals surface area contributed by atoms with Gasteiger partial charge >= 0.3 is 0 Å². The van der Waals surface area contributed by atoms with Crippen LogP contribution in [0.3, 0.4) is 0 Å². The van der Waals surface area contributed by atoms with E-state index in [9.17, 15) is 0 Å². The molecule has 0 aliphatic heterocycles. The molecule has 2 N–H and O–H groups in total. The third kappa shape index (κ3) is 7.15. The lowest BCUT2D eigenvalue weighted by Crippen LogP contribution is -2.43. The fourth-order valence-electron chi connectivity index (χ4n) is 2.37. The normalized spacial score (nSPS) is 12.4. The van der Waals surface area contributed by atoms with Crippen molar-refractivity contribution in [3.8, 4) is 17.4 Å². The molecule has 1 heterocycles. The third-order valence-electron chi connectivity index (χ3n) is 3.62. The van der Waals surface area contributed by atoms with E-state index in [1.165, 1.54) is 0 Å². The molecular weight excluding hydrogens is 344 g/mol. The predicted octanol–water partition coefficient (Wildman–Crippen LogP) is 2.97. The summed E-state index contributed by atoms with van der Waals surface area (Å²) in [6.07, 6.45) is 1.77. The minimum absolute atomic E-state index is 0.171. The topological polar surface area (TPSA) is 77.0 Å². The van der Waals surface area contributed by atoms with Gasteiger partial charge in [0, 0.05) is 38.0 Å². The fourth-order valence-corrected chi connectivity index (χ4v) is 2.37. The zero-order valence-corrected chi connectivity index (χ0v) is 16.4. The van der Waals surface area contributed by atoms with Crippen LogP contribution < -0.4 is 20.1 Å². The van der Waals surface area contributed by atoms with Crippen LogP contribution in [0.1, 0.15) is 19.4 Å². The zero-order chi connectivity index (χ0) is 19.5. The van der Waals surface area contributed by atoms with Crippen LogP contribution in [-0.4, -0.2) is 44.4 Å². The molecule has 1 aromatic carbocycles. The number of methoxy groups -OCH3 is 2. The second-order valence-corrected chi connectivity index (χ2v) is 5.98. The quantitative estimate of drug-likeness (QED) is 0.521. The number of rotatable bonds is 9. The first-order chi connectivity index (χ1) is 13.1. The number of hydrogen-bond acceptors (Lipinski definition) is 5. The molecule has 0 aliphatic carbocycles. The molecule has 7 heteroatoms. The Balaban J connectivity index is 1.96. The molecule has 146 valence electrons. The molecule has 2 aromatic rings. The molecule has 0 saturated carbocycles. The average Bonchev–Trinajstić information content (AvgIpc) is 2.68. The Labute approximate surface area is 160 Å². The summed E-state index contributed by atoms with van der Waals surface area (Å²) >= 11 is 0. The smallest absolute Gasteiger partial charge is 0.219 e. The van der Waals surface area contributed by atoms with Crippen LogP contribution in [0.15, 0.2) is 47.6 Å². The standard InChI is InChI=1S/C20H28N4O3/c1-5-21-20(24-15(2)14-25-3)23-13-16-9-10-19(22-12-16)27-18-8-6-7-17(11-18)26-4/h6-12,15H,5,13-14H2,1-4H3,(H2,21,23,24). The van der Waals surface area contributed by atoms with Gasteiger partial charge in [-0.25, -0.2) is 9.98 Å². The van der Waals surface area contributed by atoms with Gasteiger partial charge in [-0.1, -0.05) is 12.1 Å². The Morgan fingerprint density at radius 2 is 2.00 bits per heavy atom. The van der Waals surface area contributed by atoms with Gasteiger partial charge in [-0.05, 0) is 31.5 Å². The molecule has 1 unspecified atom stereocenters. The highest BCUT2D eigenvalue weighted by Crippen LogP contribution is 2.23. The Hall–Kier alpha value is -2.80. The van der Waals surface area contributed by atoms with E-state index < -0.39 is 0 Å². The molecule has 0 fully saturated rings. The minimum Gasteiger partial charge on any atom is -0.497 e. The maximum absolute atomic E-state index is 5.75. The summed E-state index contributed by atoms with van der Waals surface area (Å²) in [6.45, 7) is 5.99. The molecule has 0 amide bonds. The summed E-state index contributed by atoms with van der Waals surface area (Å²) in [5, 5.41) is 6.52. The fraction of sp³-hybridized carbons (Fsp3) is 0.400. The van der Waals surface area contributed by atoms with Gasteiger partial charge in [0.2, 0.25) is 5.88 Å². The first-order valence-corrected chi connectivity index (χ1v) is 8.95. The van der Waals surface area contributed by atoms with E-state index in [1.54, 1.807) is 20.4 Å². The highest BCUT2D eigenvalue weighted by Gasteiger charge is 2.05. The van der Waals surface area contributed by atoms with Crippen LogP contribution in [-0.2, 0) is 11.3 Å². The second kappa shape index (κ2) is 11.0. The summed E-state index contributed by atoms with van der Waals surface area (Å²) in [6, 6.07) is 11.4. The molecule has 0 saturated heterocycles. The Bertz CT molecular complexity index is 719. The molecule has 27 heavy (non-hydrogen) atoms. The van der Waals surface area contributed by atoms with Crippen molar-refractivity contribution in [3.05, 3.63) is 48.2 Å². The molecule has 0 aliphatic rings. The lowest BCUT2D eigenvalue weighted by Gasteiger charge is -2.17. The van der Waals surface area contributed by atoms with Crippen LogP contribution in [0.4, 0.5) is 0 Å². The summed E-state index contributed by atoms with van der Waals surface area (Å²) < 4.78 is 16.1. The van der Waals surface area contributed by atoms with Gasteiger partial charge in [-0.2, -0.15) is 0 Å². The molecular formula is C20H28N4O3. The first-order valence-electron chi connectivity index (χ1n) is 8.95. The van der Waals surface area contributed by atoms with Crippen LogP contribution in [0.25, 0.3) is 0 Å². The van der Waals surface area contributed by atoms with Crippen LogP contribution in [0.5, 0.6) is 17.4 Å². The molecule has 1 atom stereocenters. The van der Waals surface area contributed by atoms with Crippen LogP contribution in [0, 0.1) is 0 Å². The summed E-state index contributed by atoms with van der Waals surface area (Å²) in [4.78, 5) is 8.93. The molecule has 0 bridgehead atoms. The van der Waals surface area contributed by atoms with E-state index in [0.717, 1.165) is 23.8 Å². The maximum Gasteiger partial charge on any atom is 0.219 e. The monoisotopic (exact) mass is 372 g/mol. The van der Waals surface area contributed by atoms with E-state index in [-0.39, 0.29) is 6.04 Å². The van der Waals surface area contributed by atoms with Crippen molar-refractivity contribution in [3.63, 3.8) is 0 Å². The lowest BCUT2D eigenvalue weighted by molar-refractivity contribution is 0.179. The van der Waals surface area contributed by atoms with Gasteiger partial charge in [-0.15, -0.1) is 0 Å². The number of aromatic nitrogens is 1. The van der Waals surface area contributed by atoms with Gasteiger partial charge in [-0.3, -0.25) is 0 Å². The SMILES string of the molecule is CCNC(=NCc1ccc(Oc2cccc(OC)c2)nc1)NC(C)COC. The number of benzene rings is 1. The van der Waals surface area contributed by atoms with Gasteiger partial charge < -0.3 is 24.8 Å². The Morgan fingerprint density at radius 3 is 2.67 bits per heavy atom. The van der Waals surface area contributed by atoms with Gasteiger partial charge in [0.15, 0.2) is 5.96 Å². The molecule has 2 rings (SSSR count). The van der Waals surface area contributed by atoms with E-state index in [1.807, 2.05) is 50.2 Å². The molecule has 0 spiro atoms. The lowest BCUT2D eigenvalue weighted by atomic mass is 10.3. The number of nitrogens with zero attached hydrogens (tertiary/aromatic N) is 2. The highest BCUT2D eigenvalue weighted by atomic mass is 16.5. The van der Waals surface area contributed by atoms with Crippen molar-refractivity contribution in [2.45, 2.75) is 26.4 Å². The van der Waals surface area contributed by atoms with Gasteiger partial charge in [0.1, 0.15) is 11.5 Å². The van der Waals surface area contributed by atoms with Crippen LogP contribution >= 0.6 is 0 Å². The van der Waals surface area contributed by atoms with Crippen molar-refractivity contribution >= 4 is 5.96 Å². The first kappa shape index (κ1) is 20.5. The maximum atomic E-state index is 5.75. The number of hydrogen-bond donors (Lipinski definition) is 2. The van der Waals surface area contributed by atoms with Crippen molar-refractivity contribution in [2.24, 2.45) is 4.99 Å². The van der Waals surface area contributed by atoms with E-state index >= 15 is 0 Å². The number of pyridine rings is 1. The number of nitrogens with one attached hydrogen (secondary N) is 2. The van der Waals surface area contributed by atoms with Crippen LogP contribution in [0.2, 0.25) is 0 Å². The number of aliphatic imine (C=N–C) groups is 1. The van der Waals surface area contributed by atoms with E-state index in [0.29, 0.717) is 24.8 Å². The average molecular weight is 372 g/mol. The van der Waals surface area contributed by atoms with Crippen molar-refractivity contribution in [1.82, 2.24) is 15.6 Å². The second-order valence-electron chi connectivity index (χ2n) is 5.98. The minimum atomic E-state index is 0.171. The summed E-state index contributed by atoms with van der Waals surface area (Å²) in [5.74, 6) is 2.69. The summed E-state index contributed by atoms with van der Waals surface area (Å²) in [7, 11) is 3.31. The Kier molecular flexibility index (Phi) is 8.38. The molecule has 0 radical (unpaired) electrons. The van der Waals surface area contributed by atoms with E-state index in [2.05, 4.69) is 20.6 Å². The number of ether oxygens (including phenoxy) is 3. The van der Waals surface area contributed by atoms with Crippen molar-refractivity contribution in [2.75, 3.05) is 27.4 Å². The molecule has 7 nitrogen and oxygen atoms in total. The number of guanidine groups is 1. The zero-order valence-electron chi connectivity index (χ0n) is 16.4. The van der Waals surface area contributed by atoms with Gasteiger partial charge in [0.05, 0.1) is 20.3 Å². The van der Waals surface area contributed by atoms with Crippen molar-refractivity contribution < 1.29 is 14.2 Å². The third-order valence-corrected chi connectivity index (χ3v) is 3.62. The Morgan fingerprint density at radius 1 is 1.19 bits per heavy atom. The largest absolute Gasteiger partial charge is 0.497 e. The molecule has 1 aromatic heterocycles. The highest BCUT2D eigenvalue weighted by molar-refractivity contribution is 5.80. The van der Waals surface area contributed by atoms with Gasteiger partial charge in [0.25, 0.3) is 0 Å².